The number of carbonyl (C=O) groups excluding carboxylic acids is 1. The Morgan fingerprint density at radius 1 is 1.33 bits per heavy atom. The molecule has 0 spiro atoms. The molecular weight excluding hydrogens is 266 g/mol. The van der Waals surface area contributed by atoms with E-state index in [0.717, 1.165) is 38.2 Å². The van der Waals surface area contributed by atoms with Gasteiger partial charge in [-0.3, -0.25) is 4.79 Å². The molecule has 0 atom stereocenters. The second-order valence-electron chi connectivity index (χ2n) is 5.28. The molecule has 1 N–H and O–H groups in total. The van der Waals surface area contributed by atoms with Gasteiger partial charge in [0.25, 0.3) is 5.91 Å². The van der Waals surface area contributed by atoms with E-state index in [4.69, 9.17) is 9.84 Å². The first-order valence-electron chi connectivity index (χ1n) is 7.23. The maximum atomic E-state index is 12.4. The molecule has 1 aliphatic heterocycles. The summed E-state index contributed by atoms with van der Waals surface area (Å²) in [7, 11) is 1.84. The van der Waals surface area contributed by atoms with Crippen molar-refractivity contribution in [2.24, 2.45) is 5.92 Å². The number of carbonyl (C=O) groups is 1. The minimum atomic E-state index is -0.158. The van der Waals surface area contributed by atoms with Crippen molar-refractivity contribution in [3.63, 3.8) is 0 Å². The number of benzene rings is 1. The van der Waals surface area contributed by atoms with Crippen molar-refractivity contribution in [2.45, 2.75) is 12.8 Å². The fraction of sp³-hybridized carbons (Fsp3) is 0.471. The molecule has 0 saturated carbocycles. The van der Waals surface area contributed by atoms with E-state index in [1.165, 1.54) is 0 Å². The first kappa shape index (κ1) is 15.6. The number of aliphatic hydroxyl groups is 1. The second-order valence-corrected chi connectivity index (χ2v) is 5.28. The Kier molecular flexibility index (Phi) is 5.79. The lowest BCUT2D eigenvalue weighted by Crippen LogP contribution is -2.34. The molecule has 1 aliphatic rings. The molecule has 0 unspecified atom stereocenters. The zero-order valence-corrected chi connectivity index (χ0v) is 12.3. The number of hydrogen-bond acceptors (Lipinski definition) is 3. The van der Waals surface area contributed by atoms with Crippen LogP contribution in [0.2, 0.25) is 0 Å². The van der Waals surface area contributed by atoms with Crippen LogP contribution in [0.1, 0.15) is 28.8 Å². The number of amides is 1. The van der Waals surface area contributed by atoms with Gasteiger partial charge in [0, 0.05) is 37.9 Å². The molecule has 1 aromatic rings. The minimum absolute atomic E-state index is 0.0307. The van der Waals surface area contributed by atoms with E-state index in [-0.39, 0.29) is 12.5 Å². The van der Waals surface area contributed by atoms with Crippen LogP contribution in [-0.2, 0) is 4.74 Å². The van der Waals surface area contributed by atoms with Crippen LogP contribution in [0.5, 0.6) is 0 Å². The molecule has 0 aliphatic carbocycles. The molecule has 4 nitrogen and oxygen atoms in total. The van der Waals surface area contributed by atoms with E-state index in [9.17, 15) is 4.79 Å². The topological polar surface area (TPSA) is 49.8 Å². The third-order valence-corrected chi connectivity index (χ3v) is 3.66. The highest BCUT2D eigenvalue weighted by Gasteiger charge is 2.19. The summed E-state index contributed by atoms with van der Waals surface area (Å²) in [5.74, 6) is 5.97. The van der Waals surface area contributed by atoms with Crippen molar-refractivity contribution < 1.29 is 14.6 Å². The lowest BCUT2D eigenvalue weighted by atomic mass is 9.99. The Bertz CT molecular complexity index is 521. The Labute approximate surface area is 125 Å². The molecule has 0 aromatic heterocycles. The summed E-state index contributed by atoms with van der Waals surface area (Å²) in [6.45, 7) is 2.21. The second kappa shape index (κ2) is 7.82. The molecule has 0 bridgehead atoms. The van der Waals surface area contributed by atoms with Crippen molar-refractivity contribution in [3.05, 3.63) is 35.4 Å². The first-order valence-corrected chi connectivity index (χ1v) is 7.23. The van der Waals surface area contributed by atoms with Gasteiger partial charge in [0.2, 0.25) is 0 Å². The average Bonchev–Trinajstić information content (AvgIpc) is 2.53. The van der Waals surface area contributed by atoms with Crippen LogP contribution < -0.4 is 0 Å². The van der Waals surface area contributed by atoms with Gasteiger partial charge in [-0.2, -0.15) is 0 Å². The van der Waals surface area contributed by atoms with Crippen LogP contribution in [0.25, 0.3) is 0 Å². The number of ether oxygens (including phenoxy) is 1. The molecular formula is C17H21NO3. The highest BCUT2D eigenvalue weighted by Crippen LogP contribution is 2.16. The molecule has 1 fully saturated rings. The van der Waals surface area contributed by atoms with Crippen molar-refractivity contribution in [1.82, 2.24) is 4.90 Å². The van der Waals surface area contributed by atoms with Crippen molar-refractivity contribution in [3.8, 4) is 11.8 Å². The average molecular weight is 287 g/mol. The summed E-state index contributed by atoms with van der Waals surface area (Å²) in [5.41, 5.74) is 1.46. The molecule has 1 amide bonds. The van der Waals surface area contributed by atoms with Crippen LogP contribution in [0, 0.1) is 17.8 Å². The van der Waals surface area contributed by atoms with E-state index < -0.39 is 0 Å². The van der Waals surface area contributed by atoms with E-state index in [1.54, 1.807) is 29.2 Å². The normalized spacial score (nSPS) is 15.1. The number of nitrogens with zero attached hydrogens (tertiary/aromatic N) is 1. The third-order valence-electron chi connectivity index (χ3n) is 3.66. The van der Waals surface area contributed by atoms with Crippen LogP contribution >= 0.6 is 0 Å². The molecule has 4 heteroatoms. The zero-order chi connectivity index (χ0) is 15.1. The fourth-order valence-electron chi connectivity index (χ4n) is 2.46. The van der Waals surface area contributed by atoms with Crippen molar-refractivity contribution in [2.75, 3.05) is 33.4 Å². The van der Waals surface area contributed by atoms with Crippen molar-refractivity contribution >= 4 is 5.91 Å². The van der Waals surface area contributed by atoms with E-state index in [1.807, 2.05) is 7.05 Å². The fourth-order valence-corrected chi connectivity index (χ4v) is 2.46. The summed E-state index contributed by atoms with van der Waals surface area (Å²) in [4.78, 5) is 14.1. The molecule has 2 rings (SSSR count). The minimum Gasteiger partial charge on any atom is -0.384 e. The third kappa shape index (κ3) is 4.59. The summed E-state index contributed by atoms with van der Waals surface area (Å²) < 4.78 is 5.34. The quantitative estimate of drug-likeness (QED) is 0.858. The van der Waals surface area contributed by atoms with E-state index >= 15 is 0 Å². The monoisotopic (exact) mass is 287 g/mol. The van der Waals surface area contributed by atoms with Gasteiger partial charge in [-0.1, -0.05) is 11.8 Å². The molecule has 1 heterocycles. The summed E-state index contributed by atoms with van der Waals surface area (Å²) in [5, 5.41) is 8.66. The van der Waals surface area contributed by atoms with E-state index in [0.29, 0.717) is 11.5 Å². The maximum absolute atomic E-state index is 12.4. The number of rotatable bonds is 3. The number of hydrogen-bond donors (Lipinski definition) is 1. The van der Waals surface area contributed by atoms with E-state index in [2.05, 4.69) is 11.8 Å². The first-order chi connectivity index (χ1) is 10.2. The highest BCUT2D eigenvalue weighted by atomic mass is 16.5. The van der Waals surface area contributed by atoms with Crippen LogP contribution in [0.15, 0.2) is 24.3 Å². The van der Waals surface area contributed by atoms with Crippen LogP contribution in [0.4, 0.5) is 0 Å². The Morgan fingerprint density at radius 3 is 2.62 bits per heavy atom. The van der Waals surface area contributed by atoms with Gasteiger partial charge < -0.3 is 14.7 Å². The summed E-state index contributed by atoms with van der Waals surface area (Å²) in [6.07, 6.45) is 2.04. The van der Waals surface area contributed by atoms with Gasteiger partial charge in [-0.05, 0) is 43.0 Å². The lowest BCUT2D eigenvalue weighted by molar-refractivity contribution is 0.0497. The Morgan fingerprint density at radius 2 is 2.00 bits per heavy atom. The van der Waals surface area contributed by atoms with Gasteiger partial charge >= 0.3 is 0 Å². The smallest absolute Gasteiger partial charge is 0.253 e. The van der Waals surface area contributed by atoms with Gasteiger partial charge in [0.15, 0.2) is 0 Å². The Balaban J connectivity index is 1.94. The van der Waals surface area contributed by atoms with Gasteiger partial charge in [0.05, 0.1) is 0 Å². The molecule has 1 saturated heterocycles. The zero-order valence-electron chi connectivity index (χ0n) is 12.3. The van der Waals surface area contributed by atoms with Crippen LogP contribution in [0.3, 0.4) is 0 Å². The Hall–Kier alpha value is -1.83. The predicted octanol–water partition coefficient (Wildman–Crippen LogP) is 1.53. The van der Waals surface area contributed by atoms with Gasteiger partial charge in [-0.15, -0.1) is 0 Å². The molecule has 21 heavy (non-hydrogen) atoms. The van der Waals surface area contributed by atoms with Gasteiger partial charge in [0.1, 0.15) is 6.61 Å². The maximum Gasteiger partial charge on any atom is 0.253 e. The standard InChI is InChI=1S/C17H21NO3/c1-18(13-15-8-11-21-12-9-15)17(20)16-6-4-14(5-7-16)3-2-10-19/h4-7,15,19H,8-13H2,1H3. The molecule has 112 valence electrons. The van der Waals surface area contributed by atoms with Crippen LogP contribution in [-0.4, -0.2) is 49.3 Å². The molecule has 0 radical (unpaired) electrons. The summed E-state index contributed by atoms with van der Waals surface area (Å²) >= 11 is 0. The molecule has 1 aromatic carbocycles. The SMILES string of the molecule is CN(CC1CCOCC1)C(=O)c1ccc(C#CCO)cc1. The van der Waals surface area contributed by atoms with Gasteiger partial charge in [-0.25, -0.2) is 0 Å². The lowest BCUT2D eigenvalue weighted by Gasteiger charge is -2.27. The predicted molar refractivity (Wildman–Crippen MR) is 80.9 cm³/mol. The highest BCUT2D eigenvalue weighted by molar-refractivity contribution is 5.94. The van der Waals surface area contributed by atoms with Crippen molar-refractivity contribution in [1.29, 1.82) is 0 Å². The largest absolute Gasteiger partial charge is 0.384 e. The number of aliphatic hydroxyl groups excluding tert-OH is 1. The summed E-state index contributed by atoms with van der Waals surface area (Å²) in [6, 6.07) is 7.17.